The van der Waals surface area contributed by atoms with Gasteiger partial charge in [-0.1, -0.05) is 27.5 Å². The van der Waals surface area contributed by atoms with E-state index in [1.807, 2.05) is 12.1 Å². The largest absolute Gasteiger partial charge is 0.339 e. The number of halogens is 1. The molecular weight excluding hydrogens is 350 g/mol. The zero-order valence-corrected chi connectivity index (χ0v) is 14.1. The van der Waals surface area contributed by atoms with Gasteiger partial charge < -0.3 is 10.3 Å². The number of aromatic nitrogens is 2. The van der Waals surface area contributed by atoms with Gasteiger partial charge in [-0.15, -0.1) is 11.8 Å². The quantitative estimate of drug-likeness (QED) is 0.809. The fourth-order valence-electron chi connectivity index (χ4n) is 2.80. The molecule has 2 unspecified atom stereocenters. The third-order valence-corrected chi connectivity index (χ3v) is 5.48. The topological polar surface area (TPSA) is 64.9 Å². The molecule has 1 aromatic carbocycles. The highest BCUT2D eigenvalue weighted by atomic mass is 79.9. The lowest BCUT2D eigenvalue weighted by atomic mass is 9.96. The van der Waals surface area contributed by atoms with Crippen molar-refractivity contribution in [1.29, 1.82) is 0 Å². The van der Waals surface area contributed by atoms with E-state index in [9.17, 15) is 0 Å². The number of rotatable bonds is 5. The van der Waals surface area contributed by atoms with Crippen LogP contribution in [0.5, 0.6) is 0 Å². The van der Waals surface area contributed by atoms with E-state index < -0.39 is 0 Å². The molecule has 0 amide bonds. The van der Waals surface area contributed by atoms with Crippen molar-refractivity contribution in [3.05, 3.63) is 40.5 Å². The molecule has 2 aromatic rings. The molecule has 1 aliphatic rings. The predicted octanol–water partition coefficient (Wildman–Crippen LogP) is 3.97. The Kier molecular flexibility index (Phi) is 4.98. The van der Waals surface area contributed by atoms with Gasteiger partial charge in [0.1, 0.15) is 0 Å². The van der Waals surface area contributed by atoms with E-state index in [2.05, 4.69) is 38.2 Å². The van der Waals surface area contributed by atoms with Crippen LogP contribution < -0.4 is 5.73 Å². The SMILES string of the molecule is NCC1CCCC1c1nc(CSc2ccc(Br)cc2)no1. The van der Waals surface area contributed by atoms with Crippen molar-refractivity contribution in [2.45, 2.75) is 35.8 Å². The van der Waals surface area contributed by atoms with Crippen LogP contribution in [0.2, 0.25) is 0 Å². The molecule has 1 aliphatic carbocycles. The monoisotopic (exact) mass is 367 g/mol. The first kappa shape index (κ1) is 15.1. The lowest BCUT2D eigenvalue weighted by molar-refractivity contribution is 0.324. The Morgan fingerprint density at radius 2 is 2.10 bits per heavy atom. The number of nitrogens with two attached hydrogens (primary N) is 1. The summed E-state index contributed by atoms with van der Waals surface area (Å²) in [6, 6.07) is 8.23. The molecule has 2 N–H and O–H groups in total. The molecule has 0 spiro atoms. The van der Waals surface area contributed by atoms with Crippen molar-refractivity contribution in [2.24, 2.45) is 11.7 Å². The molecule has 6 heteroatoms. The van der Waals surface area contributed by atoms with Gasteiger partial charge in [0.2, 0.25) is 5.89 Å². The number of hydrogen-bond donors (Lipinski definition) is 1. The number of thioether (sulfide) groups is 1. The van der Waals surface area contributed by atoms with Crippen molar-refractivity contribution < 1.29 is 4.52 Å². The van der Waals surface area contributed by atoms with E-state index >= 15 is 0 Å². The summed E-state index contributed by atoms with van der Waals surface area (Å²) in [5.41, 5.74) is 5.82. The molecule has 0 radical (unpaired) electrons. The zero-order chi connectivity index (χ0) is 14.7. The van der Waals surface area contributed by atoms with E-state index in [4.69, 9.17) is 10.3 Å². The first-order chi connectivity index (χ1) is 10.3. The molecule has 112 valence electrons. The number of benzene rings is 1. The van der Waals surface area contributed by atoms with Gasteiger partial charge in [0, 0.05) is 15.3 Å². The second kappa shape index (κ2) is 6.94. The van der Waals surface area contributed by atoms with E-state index in [1.54, 1.807) is 11.8 Å². The summed E-state index contributed by atoms with van der Waals surface area (Å²) in [4.78, 5) is 5.76. The lowest BCUT2D eigenvalue weighted by Crippen LogP contribution is -2.17. The summed E-state index contributed by atoms with van der Waals surface area (Å²) in [7, 11) is 0. The Balaban J connectivity index is 1.61. The molecule has 1 saturated carbocycles. The van der Waals surface area contributed by atoms with Gasteiger partial charge in [-0.3, -0.25) is 0 Å². The minimum atomic E-state index is 0.355. The fraction of sp³-hybridized carbons (Fsp3) is 0.467. The predicted molar refractivity (Wildman–Crippen MR) is 87.1 cm³/mol. The molecule has 4 nitrogen and oxygen atoms in total. The molecule has 0 bridgehead atoms. The molecule has 1 fully saturated rings. The molecule has 0 saturated heterocycles. The van der Waals surface area contributed by atoms with Crippen LogP contribution in [0.4, 0.5) is 0 Å². The molecule has 1 aromatic heterocycles. The summed E-state index contributed by atoms with van der Waals surface area (Å²) in [5, 5.41) is 4.11. The Morgan fingerprint density at radius 3 is 2.86 bits per heavy atom. The smallest absolute Gasteiger partial charge is 0.230 e. The van der Waals surface area contributed by atoms with E-state index in [1.165, 1.54) is 17.7 Å². The first-order valence-corrected chi connectivity index (χ1v) is 8.95. The highest BCUT2D eigenvalue weighted by molar-refractivity contribution is 9.10. The van der Waals surface area contributed by atoms with Crippen LogP contribution >= 0.6 is 27.7 Å². The van der Waals surface area contributed by atoms with Crippen molar-refractivity contribution in [1.82, 2.24) is 10.1 Å². The summed E-state index contributed by atoms with van der Waals surface area (Å²) < 4.78 is 6.54. The average Bonchev–Trinajstić information content (AvgIpc) is 3.15. The van der Waals surface area contributed by atoms with Crippen LogP contribution in [-0.4, -0.2) is 16.7 Å². The zero-order valence-electron chi connectivity index (χ0n) is 11.7. The van der Waals surface area contributed by atoms with Gasteiger partial charge in [0.25, 0.3) is 0 Å². The Labute approximate surface area is 137 Å². The van der Waals surface area contributed by atoms with Crippen LogP contribution in [0.25, 0.3) is 0 Å². The molecule has 3 rings (SSSR count). The van der Waals surface area contributed by atoms with Crippen molar-refractivity contribution in [3.8, 4) is 0 Å². The maximum absolute atomic E-state index is 5.82. The molecule has 0 aliphatic heterocycles. The lowest BCUT2D eigenvalue weighted by Gasteiger charge is -2.12. The second-order valence-electron chi connectivity index (χ2n) is 5.32. The normalized spacial score (nSPS) is 21.8. The summed E-state index contributed by atoms with van der Waals surface area (Å²) in [5.74, 6) is 3.12. The van der Waals surface area contributed by atoms with Gasteiger partial charge in [-0.2, -0.15) is 4.98 Å². The Morgan fingerprint density at radius 1 is 1.29 bits per heavy atom. The summed E-state index contributed by atoms with van der Waals surface area (Å²) in [6.07, 6.45) is 3.49. The maximum Gasteiger partial charge on any atom is 0.230 e. The van der Waals surface area contributed by atoms with Crippen molar-refractivity contribution in [2.75, 3.05) is 6.54 Å². The van der Waals surface area contributed by atoms with Crippen molar-refractivity contribution >= 4 is 27.7 Å². The van der Waals surface area contributed by atoms with Gasteiger partial charge in [0.15, 0.2) is 5.82 Å². The van der Waals surface area contributed by atoms with Crippen molar-refractivity contribution in [3.63, 3.8) is 0 Å². The third-order valence-electron chi connectivity index (χ3n) is 3.94. The van der Waals surface area contributed by atoms with Gasteiger partial charge in [0.05, 0.1) is 5.75 Å². The second-order valence-corrected chi connectivity index (χ2v) is 7.29. The number of hydrogen-bond acceptors (Lipinski definition) is 5. The Bertz CT molecular complexity index is 587. The van der Waals surface area contributed by atoms with E-state index in [0.717, 1.165) is 28.4 Å². The minimum Gasteiger partial charge on any atom is -0.339 e. The Hall–Kier alpha value is -0.850. The van der Waals surface area contributed by atoms with Crippen LogP contribution in [-0.2, 0) is 5.75 Å². The number of nitrogens with zero attached hydrogens (tertiary/aromatic N) is 2. The highest BCUT2D eigenvalue weighted by Gasteiger charge is 2.31. The van der Waals surface area contributed by atoms with Crippen LogP contribution in [0.15, 0.2) is 38.2 Å². The van der Waals surface area contributed by atoms with Gasteiger partial charge >= 0.3 is 0 Å². The van der Waals surface area contributed by atoms with E-state index in [0.29, 0.717) is 18.4 Å². The van der Waals surface area contributed by atoms with Gasteiger partial charge in [-0.05, 0) is 49.6 Å². The summed E-state index contributed by atoms with van der Waals surface area (Å²) >= 11 is 5.15. The van der Waals surface area contributed by atoms with Gasteiger partial charge in [-0.25, -0.2) is 0 Å². The minimum absolute atomic E-state index is 0.355. The maximum atomic E-state index is 5.82. The third kappa shape index (κ3) is 3.67. The molecule has 2 atom stereocenters. The summed E-state index contributed by atoms with van der Waals surface area (Å²) in [6.45, 7) is 0.704. The van der Waals surface area contributed by atoms with Crippen LogP contribution in [0.1, 0.15) is 36.9 Å². The average molecular weight is 368 g/mol. The van der Waals surface area contributed by atoms with E-state index in [-0.39, 0.29) is 0 Å². The standard InChI is InChI=1S/C15H18BrN3OS/c16-11-4-6-12(7-5-11)21-9-14-18-15(20-19-14)13-3-1-2-10(13)8-17/h4-7,10,13H,1-3,8-9,17H2. The van der Waals surface area contributed by atoms with Crippen LogP contribution in [0.3, 0.4) is 0 Å². The highest BCUT2D eigenvalue weighted by Crippen LogP contribution is 2.38. The fourth-order valence-corrected chi connectivity index (χ4v) is 3.81. The molecule has 21 heavy (non-hydrogen) atoms. The molecule has 1 heterocycles. The first-order valence-electron chi connectivity index (χ1n) is 7.17. The van der Waals surface area contributed by atoms with Crippen LogP contribution in [0, 0.1) is 5.92 Å². The molecular formula is C15H18BrN3OS.